The van der Waals surface area contributed by atoms with Crippen molar-refractivity contribution >= 4 is 22.8 Å². The number of aromatic nitrogens is 2. The van der Waals surface area contributed by atoms with Gasteiger partial charge < -0.3 is 9.64 Å². The number of fused-ring (bicyclic) bond motifs is 1. The molecular formula is C15H22N4OS. The summed E-state index contributed by atoms with van der Waals surface area (Å²) in [5.74, 6) is 0. The molecule has 6 heteroatoms. The predicted octanol–water partition coefficient (Wildman–Crippen LogP) is 1.84. The van der Waals surface area contributed by atoms with Crippen LogP contribution in [0.2, 0.25) is 0 Å². The fourth-order valence-electron chi connectivity index (χ4n) is 2.89. The van der Waals surface area contributed by atoms with Gasteiger partial charge in [0.2, 0.25) is 0 Å². The fourth-order valence-corrected chi connectivity index (χ4v) is 3.40. The Bertz CT molecular complexity index is 582. The number of hydrogen-bond acceptors (Lipinski definition) is 6. The van der Waals surface area contributed by atoms with Crippen LogP contribution in [0.25, 0.3) is 11.0 Å². The lowest BCUT2D eigenvalue weighted by atomic mass is 10.1. The maximum Gasteiger partial charge on any atom is 0.105 e. The lowest BCUT2D eigenvalue weighted by Crippen LogP contribution is -2.46. The summed E-state index contributed by atoms with van der Waals surface area (Å²) in [6, 6.07) is 6.92. The van der Waals surface area contributed by atoms with Crippen molar-refractivity contribution in [3.8, 4) is 0 Å². The molecule has 0 unspecified atom stereocenters. The second-order valence-corrected chi connectivity index (χ2v) is 6.31. The number of benzene rings is 1. The van der Waals surface area contributed by atoms with E-state index in [4.69, 9.17) is 4.74 Å². The Labute approximate surface area is 129 Å². The van der Waals surface area contributed by atoms with Crippen LogP contribution in [0.5, 0.6) is 0 Å². The van der Waals surface area contributed by atoms with E-state index in [0.717, 1.165) is 50.4 Å². The lowest BCUT2D eigenvalue weighted by Gasteiger charge is -2.34. The fraction of sp³-hybridized carbons (Fsp3) is 0.600. The highest BCUT2D eigenvalue weighted by atomic mass is 32.1. The van der Waals surface area contributed by atoms with Gasteiger partial charge in [-0.1, -0.05) is 6.07 Å². The molecule has 2 aromatic rings. The zero-order chi connectivity index (χ0) is 14.7. The van der Waals surface area contributed by atoms with Crippen LogP contribution in [-0.4, -0.2) is 64.5 Å². The Kier molecular flexibility index (Phi) is 4.80. The third-order valence-electron chi connectivity index (χ3n) is 4.02. The summed E-state index contributed by atoms with van der Waals surface area (Å²) in [6.45, 7) is 8.13. The van der Waals surface area contributed by atoms with Gasteiger partial charge in [-0.15, -0.1) is 0 Å². The molecule has 0 saturated carbocycles. The summed E-state index contributed by atoms with van der Waals surface area (Å²) in [5, 5.41) is 0. The molecule has 1 aromatic carbocycles. The quantitative estimate of drug-likeness (QED) is 0.843. The number of hydrogen-bond donors (Lipinski definition) is 0. The van der Waals surface area contributed by atoms with E-state index in [0.29, 0.717) is 6.04 Å². The number of rotatable bonds is 5. The van der Waals surface area contributed by atoms with Crippen LogP contribution in [0.3, 0.4) is 0 Å². The molecule has 1 aliphatic rings. The molecule has 5 nitrogen and oxygen atoms in total. The number of likely N-dealkylation sites (N-methyl/N-ethyl adjacent to an activating group) is 1. The molecule has 2 heterocycles. The second kappa shape index (κ2) is 6.79. The van der Waals surface area contributed by atoms with Gasteiger partial charge in [0.25, 0.3) is 0 Å². The maximum absolute atomic E-state index is 5.42. The highest BCUT2D eigenvalue weighted by Gasteiger charge is 2.18. The summed E-state index contributed by atoms with van der Waals surface area (Å²) in [4.78, 5) is 4.88. The molecule has 1 fully saturated rings. The van der Waals surface area contributed by atoms with Crippen LogP contribution in [0.15, 0.2) is 18.2 Å². The van der Waals surface area contributed by atoms with Gasteiger partial charge in [-0.2, -0.15) is 8.75 Å². The molecular weight excluding hydrogens is 284 g/mol. The maximum atomic E-state index is 5.42. The minimum atomic E-state index is 0.559. The highest BCUT2D eigenvalue weighted by Crippen LogP contribution is 2.15. The molecule has 1 saturated heterocycles. The summed E-state index contributed by atoms with van der Waals surface area (Å²) in [6.07, 6.45) is 0. The van der Waals surface area contributed by atoms with E-state index in [1.54, 1.807) is 0 Å². The van der Waals surface area contributed by atoms with Crippen molar-refractivity contribution in [1.29, 1.82) is 0 Å². The number of morpholine rings is 1. The summed E-state index contributed by atoms with van der Waals surface area (Å²) >= 11 is 1.28. The van der Waals surface area contributed by atoms with Crippen molar-refractivity contribution in [1.82, 2.24) is 18.5 Å². The summed E-state index contributed by atoms with van der Waals surface area (Å²) in [7, 11) is 2.18. The van der Waals surface area contributed by atoms with E-state index in [1.165, 1.54) is 17.3 Å². The van der Waals surface area contributed by atoms with Crippen molar-refractivity contribution in [3.63, 3.8) is 0 Å². The van der Waals surface area contributed by atoms with Crippen molar-refractivity contribution in [2.45, 2.75) is 19.5 Å². The first kappa shape index (κ1) is 14.8. The molecule has 0 amide bonds. The Morgan fingerprint density at radius 1 is 1.29 bits per heavy atom. The largest absolute Gasteiger partial charge is 0.379 e. The van der Waals surface area contributed by atoms with Crippen LogP contribution in [0, 0.1) is 0 Å². The first-order valence-corrected chi connectivity index (χ1v) is 8.17. The van der Waals surface area contributed by atoms with Crippen molar-refractivity contribution in [3.05, 3.63) is 23.8 Å². The van der Waals surface area contributed by atoms with E-state index in [2.05, 4.69) is 50.7 Å². The van der Waals surface area contributed by atoms with E-state index < -0.39 is 0 Å². The second-order valence-electron chi connectivity index (χ2n) is 5.78. The van der Waals surface area contributed by atoms with E-state index in [1.807, 2.05) is 0 Å². The van der Waals surface area contributed by atoms with Gasteiger partial charge in [0.05, 0.1) is 24.9 Å². The van der Waals surface area contributed by atoms with Gasteiger partial charge in [-0.3, -0.25) is 4.90 Å². The smallest absolute Gasteiger partial charge is 0.105 e. The van der Waals surface area contributed by atoms with Crippen LogP contribution in [0.1, 0.15) is 12.5 Å². The minimum Gasteiger partial charge on any atom is -0.379 e. The van der Waals surface area contributed by atoms with Crippen LogP contribution < -0.4 is 0 Å². The molecule has 114 valence electrons. The first-order chi connectivity index (χ1) is 10.2. The van der Waals surface area contributed by atoms with E-state index >= 15 is 0 Å². The van der Waals surface area contributed by atoms with E-state index in [9.17, 15) is 0 Å². The predicted molar refractivity (Wildman–Crippen MR) is 85.6 cm³/mol. The zero-order valence-corrected chi connectivity index (χ0v) is 13.5. The van der Waals surface area contributed by atoms with Gasteiger partial charge >= 0.3 is 0 Å². The van der Waals surface area contributed by atoms with Gasteiger partial charge in [0, 0.05) is 32.2 Å². The summed E-state index contributed by atoms with van der Waals surface area (Å²) in [5.41, 5.74) is 3.30. The van der Waals surface area contributed by atoms with Gasteiger partial charge in [-0.25, -0.2) is 0 Å². The van der Waals surface area contributed by atoms with Gasteiger partial charge in [-0.05, 0) is 31.7 Å². The third-order valence-corrected chi connectivity index (χ3v) is 4.57. The molecule has 0 aliphatic carbocycles. The molecule has 1 aromatic heterocycles. The monoisotopic (exact) mass is 306 g/mol. The molecule has 0 bridgehead atoms. The first-order valence-electron chi connectivity index (χ1n) is 7.44. The lowest BCUT2D eigenvalue weighted by molar-refractivity contribution is 0.0137. The Morgan fingerprint density at radius 2 is 2.05 bits per heavy atom. The Hall–Kier alpha value is -1.08. The Morgan fingerprint density at radius 3 is 2.86 bits per heavy atom. The highest BCUT2D eigenvalue weighted by molar-refractivity contribution is 7.00. The van der Waals surface area contributed by atoms with E-state index in [-0.39, 0.29) is 0 Å². The average molecular weight is 306 g/mol. The topological polar surface area (TPSA) is 41.5 Å². The molecule has 1 atom stereocenters. The van der Waals surface area contributed by atoms with Crippen LogP contribution in [0.4, 0.5) is 0 Å². The van der Waals surface area contributed by atoms with Gasteiger partial charge in [0.15, 0.2) is 0 Å². The Balaban J connectivity index is 1.56. The molecule has 0 radical (unpaired) electrons. The van der Waals surface area contributed by atoms with Crippen molar-refractivity contribution in [2.24, 2.45) is 0 Å². The number of ether oxygens (including phenoxy) is 1. The molecule has 21 heavy (non-hydrogen) atoms. The average Bonchev–Trinajstić information content (AvgIpc) is 2.95. The zero-order valence-electron chi connectivity index (χ0n) is 12.7. The van der Waals surface area contributed by atoms with Crippen LogP contribution in [-0.2, 0) is 11.3 Å². The molecule has 3 rings (SSSR count). The SMILES string of the molecule is C[C@H](CN(C)Cc1ccc2nsnc2c1)N1CCOCC1. The third kappa shape index (κ3) is 3.77. The van der Waals surface area contributed by atoms with Crippen molar-refractivity contribution < 1.29 is 4.74 Å². The minimum absolute atomic E-state index is 0.559. The molecule has 1 aliphatic heterocycles. The molecule has 0 N–H and O–H groups in total. The normalized spacial score (nSPS) is 18.4. The number of nitrogens with zero attached hydrogens (tertiary/aromatic N) is 4. The summed E-state index contributed by atoms with van der Waals surface area (Å²) < 4.78 is 14.0. The van der Waals surface area contributed by atoms with Crippen LogP contribution >= 0.6 is 11.7 Å². The standard InChI is InChI=1S/C15H22N4OS/c1-12(19-5-7-20-8-6-19)10-18(2)11-13-3-4-14-15(9-13)17-21-16-14/h3-4,9,12H,5-8,10-11H2,1-2H3/t12-/m1/s1. The molecule has 0 spiro atoms. The van der Waals surface area contributed by atoms with Gasteiger partial charge in [0.1, 0.15) is 11.0 Å². The van der Waals surface area contributed by atoms with Crippen molar-refractivity contribution in [2.75, 3.05) is 39.9 Å².